The van der Waals surface area contributed by atoms with E-state index < -0.39 is 6.04 Å². The number of halogens is 1. The van der Waals surface area contributed by atoms with E-state index >= 15 is 0 Å². The third kappa shape index (κ3) is 4.13. The number of hydrogen-bond acceptors (Lipinski definition) is 5. The molecule has 2 atom stereocenters. The third-order valence-corrected chi connectivity index (χ3v) is 5.69. The standard InChI is InChI=1S/C20H26N6O2.ClH/c1-13-12-17(20(28)25(13)15-6-4-3-5-7-15)22-19(27)18-14(2)26(24-23-18)16-8-10-21-11-9-16;/h3-7,13,16-17,21H,8-12H2,1-2H3,(H,22,27);1H. The second kappa shape index (κ2) is 8.92. The van der Waals surface area contributed by atoms with Gasteiger partial charge >= 0.3 is 0 Å². The fourth-order valence-corrected chi connectivity index (χ4v) is 4.20. The van der Waals surface area contributed by atoms with Gasteiger partial charge in [0.25, 0.3) is 5.91 Å². The summed E-state index contributed by atoms with van der Waals surface area (Å²) >= 11 is 0. The number of benzene rings is 1. The first kappa shape index (κ1) is 21.3. The fourth-order valence-electron chi connectivity index (χ4n) is 4.20. The molecule has 0 bridgehead atoms. The molecule has 2 saturated heterocycles. The lowest BCUT2D eigenvalue weighted by Crippen LogP contribution is -2.42. The molecule has 29 heavy (non-hydrogen) atoms. The number of nitrogens with zero attached hydrogens (tertiary/aromatic N) is 4. The van der Waals surface area contributed by atoms with Gasteiger partial charge in [-0.2, -0.15) is 0 Å². The smallest absolute Gasteiger partial charge is 0.274 e. The highest BCUT2D eigenvalue weighted by Gasteiger charge is 2.39. The third-order valence-electron chi connectivity index (χ3n) is 5.69. The van der Waals surface area contributed by atoms with Gasteiger partial charge in [0.2, 0.25) is 5.91 Å². The Morgan fingerprint density at radius 3 is 2.59 bits per heavy atom. The van der Waals surface area contributed by atoms with Gasteiger partial charge in [-0.3, -0.25) is 9.59 Å². The van der Waals surface area contributed by atoms with Crippen LogP contribution in [0.4, 0.5) is 5.69 Å². The molecule has 4 rings (SSSR count). The summed E-state index contributed by atoms with van der Waals surface area (Å²) in [6.45, 7) is 5.74. The molecule has 2 fully saturated rings. The largest absolute Gasteiger partial charge is 0.339 e. The zero-order valence-corrected chi connectivity index (χ0v) is 17.5. The maximum atomic E-state index is 12.9. The number of aromatic nitrogens is 3. The Morgan fingerprint density at radius 1 is 1.21 bits per heavy atom. The summed E-state index contributed by atoms with van der Waals surface area (Å²) in [6, 6.07) is 9.28. The van der Waals surface area contributed by atoms with E-state index in [1.165, 1.54) is 0 Å². The maximum Gasteiger partial charge on any atom is 0.274 e. The molecule has 156 valence electrons. The Morgan fingerprint density at radius 2 is 1.90 bits per heavy atom. The van der Waals surface area contributed by atoms with E-state index in [-0.39, 0.29) is 36.3 Å². The van der Waals surface area contributed by atoms with Gasteiger partial charge in [-0.15, -0.1) is 17.5 Å². The van der Waals surface area contributed by atoms with E-state index in [0.29, 0.717) is 12.1 Å². The number of hydrogen-bond donors (Lipinski definition) is 2. The number of para-hydroxylation sites is 1. The summed E-state index contributed by atoms with van der Waals surface area (Å²) in [5.41, 5.74) is 1.91. The highest BCUT2D eigenvalue weighted by atomic mass is 35.5. The Balaban J connectivity index is 0.00000240. The van der Waals surface area contributed by atoms with Crippen molar-refractivity contribution in [2.45, 2.75) is 51.2 Å². The fraction of sp³-hybridized carbons (Fsp3) is 0.500. The monoisotopic (exact) mass is 418 g/mol. The number of amides is 2. The summed E-state index contributed by atoms with van der Waals surface area (Å²) in [4.78, 5) is 27.4. The lowest BCUT2D eigenvalue weighted by Gasteiger charge is -2.23. The minimum Gasteiger partial charge on any atom is -0.339 e. The van der Waals surface area contributed by atoms with Crippen LogP contribution in [0, 0.1) is 6.92 Å². The Bertz CT molecular complexity index is 865. The van der Waals surface area contributed by atoms with Crippen LogP contribution in [-0.4, -0.2) is 52.0 Å². The second-order valence-electron chi connectivity index (χ2n) is 7.60. The van der Waals surface area contributed by atoms with Gasteiger partial charge in [-0.05, 0) is 58.3 Å². The van der Waals surface area contributed by atoms with Crippen molar-refractivity contribution < 1.29 is 9.59 Å². The number of nitrogens with one attached hydrogen (secondary N) is 2. The van der Waals surface area contributed by atoms with Crippen LogP contribution in [-0.2, 0) is 4.79 Å². The molecule has 8 nitrogen and oxygen atoms in total. The van der Waals surface area contributed by atoms with Crippen molar-refractivity contribution in [1.29, 1.82) is 0 Å². The van der Waals surface area contributed by atoms with Crippen molar-refractivity contribution >= 4 is 29.9 Å². The molecule has 0 aliphatic carbocycles. The molecule has 9 heteroatoms. The van der Waals surface area contributed by atoms with E-state index in [1.807, 2.05) is 48.9 Å². The maximum absolute atomic E-state index is 12.9. The molecule has 2 aliphatic heterocycles. The minimum atomic E-state index is -0.550. The van der Waals surface area contributed by atoms with Crippen LogP contribution in [0.5, 0.6) is 0 Å². The number of piperidine rings is 1. The predicted molar refractivity (Wildman–Crippen MR) is 112 cm³/mol. The van der Waals surface area contributed by atoms with Crippen LogP contribution in [0.3, 0.4) is 0 Å². The van der Waals surface area contributed by atoms with Gasteiger partial charge in [-0.1, -0.05) is 23.4 Å². The van der Waals surface area contributed by atoms with Gasteiger partial charge in [-0.25, -0.2) is 4.68 Å². The van der Waals surface area contributed by atoms with Gasteiger partial charge in [0.05, 0.1) is 11.7 Å². The number of carbonyl (C=O) groups excluding carboxylic acids is 2. The number of carbonyl (C=O) groups is 2. The van der Waals surface area contributed by atoms with Crippen LogP contribution in [0.25, 0.3) is 0 Å². The minimum absolute atomic E-state index is 0. The van der Waals surface area contributed by atoms with Crippen LogP contribution in [0.2, 0.25) is 0 Å². The summed E-state index contributed by atoms with van der Waals surface area (Å²) in [7, 11) is 0. The molecule has 1 aromatic heterocycles. The second-order valence-corrected chi connectivity index (χ2v) is 7.60. The van der Waals surface area contributed by atoms with Crippen LogP contribution < -0.4 is 15.5 Å². The molecule has 2 aromatic rings. The Labute approximate surface area is 176 Å². The first-order valence-electron chi connectivity index (χ1n) is 9.87. The van der Waals surface area contributed by atoms with Crippen LogP contribution in [0.15, 0.2) is 30.3 Å². The summed E-state index contributed by atoms with van der Waals surface area (Å²) < 4.78 is 1.85. The molecular formula is C20H27ClN6O2. The average molecular weight is 419 g/mol. The molecule has 2 unspecified atom stereocenters. The Hall–Kier alpha value is -2.45. The number of anilines is 1. The summed E-state index contributed by atoms with van der Waals surface area (Å²) in [5.74, 6) is -0.423. The van der Waals surface area contributed by atoms with Crippen molar-refractivity contribution in [3.63, 3.8) is 0 Å². The van der Waals surface area contributed by atoms with Gasteiger partial charge in [0, 0.05) is 11.7 Å². The van der Waals surface area contributed by atoms with Crippen molar-refractivity contribution in [3.8, 4) is 0 Å². The predicted octanol–water partition coefficient (Wildman–Crippen LogP) is 1.86. The SMILES string of the molecule is Cc1c(C(=O)NC2CC(C)N(c3ccccc3)C2=O)nnn1C1CCNCC1.Cl. The van der Waals surface area contributed by atoms with E-state index in [0.717, 1.165) is 37.3 Å². The van der Waals surface area contributed by atoms with Crippen molar-refractivity contribution in [2.24, 2.45) is 0 Å². The highest BCUT2D eigenvalue weighted by molar-refractivity contribution is 6.04. The molecule has 1 aromatic carbocycles. The first-order chi connectivity index (χ1) is 13.6. The average Bonchev–Trinajstić information content (AvgIpc) is 3.22. The van der Waals surface area contributed by atoms with Gasteiger partial charge < -0.3 is 15.5 Å². The van der Waals surface area contributed by atoms with Crippen molar-refractivity contribution in [2.75, 3.05) is 18.0 Å². The quantitative estimate of drug-likeness (QED) is 0.790. The van der Waals surface area contributed by atoms with Crippen LogP contribution >= 0.6 is 12.4 Å². The molecule has 2 aliphatic rings. The Kier molecular flexibility index (Phi) is 6.54. The van der Waals surface area contributed by atoms with E-state index in [9.17, 15) is 9.59 Å². The molecule has 0 spiro atoms. The van der Waals surface area contributed by atoms with E-state index in [1.54, 1.807) is 4.90 Å². The van der Waals surface area contributed by atoms with Crippen LogP contribution in [0.1, 0.15) is 48.4 Å². The summed E-state index contributed by atoms with van der Waals surface area (Å²) in [5, 5.41) is 14.5. The highest BCUT2D eigenvalue weighted by Crippen LogP contribution is 2.27. The normalized spacial score (nSPS) is 22.4. The lowest BCUT2D eigenvalue weighted by molar-refractivity contribution is -0.118. The van der Waals surface area contributed by atoms with Gasteiger partial charge in [0.15, 0.2) is 5.69 Å². The first-order valence-corrected chi connectivity index (χ1v) is 9.87. The zero-order chi connectivity index (χ0) is 19.7. The molecular weight excluding hydrogens is 392 g/mol. The van der Waals surface area contributed by atoms with Crippen molar-refractivity contribution in [3.05, 3.63) is 41.7 Å². The number of rotatable bonds is 4. The molecule has 2 amide bonds. The molecule has 3 heterocycles. The van der Waals surface area contributed by atoms with E-state index in [4.69, 9.17) is 0 Å². The molecule has 0 saturated carbocycles. The van der Waals surface area contributed by atoms with Crippen molar-refractivity contribution in [1.82, 2.24) is 25.6 Å². The summed E-state index contributed by atoms with van der Waals surface area (Å²) in [6.07, 6.45) is 2.51. The van der Waals surface area contributed by atoms with Gasteiger partial charge in [0.1, 0.15) is 6.04 Å². The molecule has 2 N–H and O–H groups in total. The lowest BCUT2D eigenvalue weighted by atomic mass is 10.1. The topological polar surface area (TPSA) is 92.2 Å². The zero-order valence-electron chi connectivity index (χ0n) is 16.7. The van der Waals surface area contributed by atoms with E-state index in [2.05, 4.69) is 20.9 Å². The molecule has 0 radical (unpaired) electrons.